The SMILES string of the molecule is Nc1ccc(/C=C/C(=O)NCc2cc3cc(-c4ccc(C(=O)N5CCOCC5)cc4)cc(C(F)(F)F)c3o2)cn1. The lowest BCUT2D eigenvalue weighted by Crippen LogP contribution is -2.40. The highest BCUT2D eigenvalue weighted by Crippen LogP contribution is 2.39. The van der Waals surface area contributed by atoms with Crippen LogP contribution in [0.25, 0.3) is 28.2 Å². The fraction of sp³-hybridized carbons (Fsp3) is 0.207. The Hall–Kier alpha value is -4.64. The molecule has 3 heterocycles. The van der Waals surface area contributed by atoms with Gasteiger partial charge in [0.05, 0.1) is 25.3 Å². The van der Waals surface area contributed by atoms with E-state index in [2.05, 4.69) is 10.3 Å². The third kappa shape index (κ3) is 6.15. The molecule has 2 aromatic carbocycles. The van der Waals surface area contributed by atoms with Crippen molar-refractivity contribution in [2.75, 3.05) is 32.0 Å². The van der Waals surface area contributed by atoms with Crippen LogP contribution in [0.4, 0.5) is 19.0 Å². The smallest absolute Gasteiger partial charge is 0.420 e. The third-order valence-corrected chi connectivity index (χ3v) is 6.41. The molecule has 4 aromatic rings. The van der Waals surface area contributed by atoms with Crippen molar-refractivity contribution < 1.29 is 31.9 Å². The Morgan fingerprint density at radius 2 is 1.77 bits per heavy atom. The molecule has 0 bridgehead atoms. The van der Waals surface area contributed by atoms with E-state index in [0.29, 0.717) is 54.4 Å². The fourth-order valence-electron chi connectivity index (χ4n) is 4.35. The second-order valence-corrected chi connectivity index (χ2v) is 9.20. The minimum Gasteiger partial charge on any atom is -0.459 e. The summed E-state index contributed by atoms with van der Waals surface area (Å²) in [5.41, 5.74) is 6.24. The number of aromatic nitrogens is 1. The highest BCUT2D eigenvalue weighted by atomic mass is 19.4. The Morgan fingerprint density at radius 3 is 2.45 bits per heavy atom. The van der Waals surface area contributed by atoms with Crippen LogP contribution in [-0.4, -0.2) is 48.0 Å². The van der Waals surface area contributed by atoms with Gasteiger partial charge in [-0.25, -0.2) is 4.98 Å². The van der Waals surface area contributed by atoms with Crippen LogP contribution in [0.2, 0.25) is 0 Å². The van der Waals surface area contributed by atoms with Gasteiger partial charge in [-0.1, -0.05) is 12.1 Å². The molecule has 0 aliphatic carbocycles. The van der Waals surface area contributed by atoms with Crippen LogP contribution >= 0.6 is 0 Å². The maximum atomic E-state index is 14.0. The van der Waals surface area contributed by atoms with Gasteiger partial charge in [-0.3, -0.25) is 9.59 Å². The molecule has 2 aromatic heterocycles. The highest BCUT2D eigenvalue weighted by molar-refractivity contribution is 5.95. The Labute approximate surface area is 227 Å². The van der Waals surface area contributed by atoms with Crippen LogP contribution in [-0.2, 0) is 22.3 Å². The van der Waals surface area contributed by atoms with E-state index in [1.54, 1.807) is 47.4 Å². The number of halogens is 3. The maximum absolute atomic E-state index is 14.0. The Bertz CT molecular complexity index is 1560. The molecule has 0 radical (unpaired) electrons. The molecule has 0 spiro atoms. The molecule has 11 heteroatoms. The quantitative estimate of drug-likeness (QED) is 0.331. The van der Waals surface area contributed by atoms with Crippen molar-refractivity contribution in [1.82, 2.24) is 15.2 Å². The second-order valence-electron chi connectivity index (χ2n) is 9.20. The minimum absolute atomic E-state index is 0.108. The molecule has 40 heavy (non-hydrogen) atoms. The zero-order chi connectivity index (χ0) is 28.3. The number of nitrogen functional groups attached to an aromatic ring is 1. The number of amides is 2. The van der Waals surface area contributed by atoms with E-state index < -0.39 is 17.6 Å². The first-order valence-electron chi connectivity index (χ1n) is 12.5. The summed E-state index contributed by atoms with van der Waals surface area (Å²) >= 11 is 0. The van der Waals surface area contributed by atoms with Gasteiger partial charge in [0.1, 0.15) is 17.2 Å². The third-order valence-electron chi connectivity index (χ3n) is 6.41. The lowest BCUT2D eigenvalue weighted by atomic mass is 9.99. The standard InChI is InChI=1S/C29H25F3N4O4/c30-29(31,32)24-15-21(19-3-5-20(6-4-19)28(38)36-9-11-39-12-10-36)13-22-14-23(40-27(22)24)17-35-26(37)8-2-18-1-7-25(33)34-16-18/h1-8,13-16H,9-12,17H2,(H2,33,34)(H,35,37)/b8-2+. The summed E-state index contributed by atoms with van der Waals surface area (Å²) < 4.78 is 52.8. The van der Waals surface area contributed by atoms with E-state index in [1.165, 1.54) is 24.4 Å². The van der Waals surface area contributed by atoms with Crippen molar-refractivity contribution in [2.24, 2.45) is 0 Å². The number of furan rings is 1. The van der Waals surface area contributed by atoms with Crippen molar-refractivity contribution in [3.63, 3.8) is 0 Å². The van der Waals surface area contributed by atoms with Crippen molar-refractivity contribution >= 4 is 34.7 Å². The second kappa shape index (κ2) is 11.2. The maximum Gasteiger partial charge on any atom is 0.420 e. The molecule has 0 unspecified atom stereocenters. The number of hydrogen-bond acceptors (Lipinski definition) is 6. The number of nitrogens with zero attached hydrogens (tertiary/aromatic N) is 2. The number of pyridine rings is 1. The molecule has 1 aliphatic heterocycles. The van der Waals surface area contributed by atoms with Gasteiger partial charge in [0.15, 0.2) is 0 Å². The number of hydrogen-bond donors (Lipinski definition) is 2. The minimum atomic E-state index is -4.67. The van der Waals surface area contributed by atoms with Crippen LogP contribution in [0.3, 0.4) is 0 Å². The molecule has 2 amide bonds. The van der Waals surface area contributed by atoms with Crippen LogP contribution in [0, 0.1) is 0 Å². The number of ether oxygens (including phenoxy) is 1. The molecule has 0 saturated carbocycles. The number of nitrogens with one attached hydrogen (secondary N) is 1. The number of anilines is 1. The number of morpholine rings is 1. The van der Waals surface area contributed by atoms with E-state index in [-0.39, 0.29) is 29.2 Å². The van der Waals surface area contributed by atoms with Gasteiger partial charge in [0, 0.05) is 36.3 Å². The van der Waals surface area contributed by atoms with Crippen LogP contribution < -0.4 is 11.1 Å². The van der Waals surface area contributed by atoms with Gasteiger partial charge in [-0.05, 0) is 65.2 Å². The van der Waals surface area contributed by atoms with E-state index in [9.17, 15) is 22.8 Å². The van der Waals surface area contributed by atoms with Crippen LogP contribution in [0.1, 0.15) is 27.2 Å². The summed E-state index contributed by atoms with van der Waals surface area (Å²) in [5, 5.41) is 2.84. The largest absolute Gasteiger partial charge is 0.459 e. The summed E-state index contributed by atoms with van der Waals surface area (Å²) in [7, 11) is 0. The number of nitrogens with two attached hydrogens (primary N) is 1. The lowest BCUT2D eigenvalue weighted by Gasteiger charge is -2.26. The number of fused-ring (bicyclic) bond motifs is 1. The van der Waals surface area contributed by atoms with Crippen LogP contribution in [0.15, 0.2) is 71.3 Å². The molecule has 0 atom stereocenters. The average Bonchev–Trinajstić information content (AvgIpc) is 3.38. The summed E-state index contributed by atoms with van der Waals surface area (Å²) in [6.45, 7) is 1.82. The van der Waals surface area contributed by atoms with E-state index in [4.69, 9.17) is 14.9 Å². The normalized spacial score (nSPS) is 14.1. The number of benzene rings is 2. The molecule has 1 fully saturated rings. The van der Waals surface area contributed by atoms with Crippen molar-refractivity contribution in [3.8, 4) is 11.1 Å². The Balaban J connectivity index is 1.35. The number of rotatable bonds is 6. The first-order chi connectivity index (χ1) is 19.2. The van der Waals surface area contributed by atoms with Crippen molar-refractivity contribution in [2.45, 2.75) is 12.7 Å². The summed E-state index contributed by atoms with van der Waals surface area (Å²) in [5.74, 6) is -0.0905. The zero-order valence-electron chi connectivity index (χ0n) is 21.2. The van der Waals surface area contributed by atoms with E-state index in [1.807, 2.05) is 0 Å². The summed E-state index contributed by atoms with van der Waals surface area (Å²) in [4.78, 5) is 30.5. The molecule has 8 nitrogen and oxygen atoms in total. The number of carbonyl (C=O) groups excluding carboxylic acids is 2. The molecular formula is C29H25F3N4O4. The van der Waals surface area contributed by atoms with Crippen LogP contribution in [0.5, 0.6) is 0 Å². The first-order valence-corrected chi connectivity index (χ1v) is 12.5. The van der Waals surface area contributed by atoms with Gasteiger partial charge in [0.25, 0.3) is 5.91 Å². The van der Waals surface area contributed by atoms with E-state index in [0.717, 1.165) is 6.07 Å². The monoisotopic (exact) mass is 550 g/mol. The van der Waals surface area contributed by atoms with Gasteiger partial charge in [0.2, 0.25) is 5.91 Å². The predicted octanol–water partition coefficient (Wildman–Crippen LogP) is 4.90. The molecule has 206 valence electrons. The fourth-order valence-corrected chi connectivity index (χ4v) is 4.35. The predicted molar refractivity (Wildman–Crippen MR) is 143 cm³/mol. The van der Waals surface area contributed by atoms with Gasteiger partial charge in [-0.2, -0.15) is 13.2 Å². The first kappa shape index (κ1) is 26.9. The van der Waals surface area contributed by atoms with Crippen molar-refractivity contribution in [1.29, 1.82) is 0 Å². The highest BCUT2D eigenvalue weighted by Gasteiger charge is 2.35. The molecular weight excluding hydrogens is 525 g/mol. The zero-order valence-corrected chi connectivity index (χ0v) is 21.2. The van der Waals surface area contributed by atoms with Crippen molar-refractivity contribution in [3.05, 3.63) is 89.3 Å². The van der Waals surface area contributed by atoms with Gasteiger partial charge < -0.3 is 25.1 Å². The van der Waals surface area contributed by atoms with Gasteiger partial charge in [-0.15, -0.1) is 0 Å². The van der Waals surface area contributed by atoms with Gasteiger partial charge >= 0.3 is 6.18 Å². The summed E-state index contributed by atoms with van der Waals surface area (Å²) in [6.07, 6.45) is -0.352. The number of alkyl halides is 3. The number of carbonyl (C=O) groups is 2. The topological polar surface area (TPSA) is 111 Å². The summed E-state index contributed by atoms with van der Waals surface area (Å²) in [6, 6.07) is 13.8. The molecule has 3 N–H and O–H groups in total. The molecule has 1 aliphatic rings. The average molecular weight is 551 g/mol. The Morgan fingerprint density at radius 1 is 1.02 bits per heavy atom. The molecule has 1 saturated heterocycles. The van der Waals surface area contributed by atoms with E-state index >= 15 is 0 Å². The molecule has 5 rings (SSSR count). The lowest BCUT2D eigenvalue weighted by molar-refractivity contribution is -0.136. The Kier molecular flexibility index (Phi) is 7.56.